The van der Waals surface area contributed by atoms with E-state index in [1.165, 1.54) is 30.6 Å². The van der Waals surface area contributed by atoms with E-state index in [0.29, 0.717) is 38.3 Å². The summed E-state index contributed by atoms with van der Waals surface area (Å²) in [6, 6.07) is 22.9. The molecule has 0 aliphatic carbocycles. The molecule has 2 heterocycles. The van der Waals surface area contributed by atoms with E-state index >= 15 is 0 Å². The van der Waals surface area contributed by atoms with Crippen LogP contribution in [-0.4, -0.2) is 24.0 Å². The number of esters is 1. The van der Waals surface area contributed by atoms with E-state index in [2.05, 4.69) is 5.32 Å². The number of methoxy groups -OCH3 is 1. The number of pyridine rings is 1. The van der Waals surface area contributed by atoms with E-state index in [-0.39, 0.29) is 17.3 Å². The Labute approximate surface area is 211 Å². The molecular weight excluding hydrogens is 475 g/mol. The molecule has 0 aliphatic heterocycles. The average Bonchev–Trinajstić information content (AvgIpc) is 3.31. The zero-order valence-corrected chi connectivity index (χ0v) is 20.4. The number of aryl methyl sites for hydroxylation is 1. The number of ether oxygens (including phenoxy) is 1. The van der Waals surface area contributed by atoms with Crippen molar-refractivity contribution in [1.82, 2.24) is 4.98 Å². The van der Waals surface area contributed by atoms with E-state index in [9.17, 15) is 14.0 Å². The molecule has 2 aromatic heterocycles. The standard InChI is InChI=1S/C29H21FN2O3S/c1-17-6-5-7-19(14-17)25-15-22(21-8-3-4-9-24(21)31-25)27(33)32-28-26(29(34)35-2)23(16-36-28)18-10-12-20(30)13-11-18/h3-16H,1-2H3,(H,32,33). The summed E-state index contributed by atoms with van der Waals surface area (Å²) in [5.41, 5.74) is 5.21. The lowest BCUT2D eigenvalue weighted by Gasteiger charge is -2.12. The van der Waals surface area contributed by atoms with Gasteiger partial charge in [0, 0.05) is 21.9 Å². The second kappa shape index (κ2) is 9.71. The summed E-state index contributed by atoms with van der Waals surface area (Å²) in [7, 11) is 1.28. The molecule has 0 unspecified atom stereocenters. The predicted molar refractivity (Wildman–Crippen MR) is 141 cm³/mol. The van der Waals surface area contributed by atoms with Crippen molar-refractivity contribution in [3.8, 4) is 22.4 Å². The normalized spacial score (nSPS) is 10.9. The lowest BCUT2D eigenvalue weighted by Crippen LogP contribution is -2.15. The van der Waals surface area contributed by atoms with Crippen molar-refractivity contribution >= 4 is 39.1 Å². The minimum absolute atomic E-state index is 0.222. The van der Waals surface area contributed by atoms with Gasteiger partial charge in [-0.05, 0) is 42.8 Å². The van der Waals surface area contributed by atoms with Crippen molar-refractivity contribution in [3.63, 3.8) is 0 Å². The minimum Gasteiger partial charge on any atom is -0.465 e. The molecule has 36 heavy (non-hydrogen) atoms. The Balaban J connectivity index is 1.58. The maximum Gasteiger partial charge on any atom is 0.341 e. The maximum atomic E-state index is 13.6. The topological polar surface area (TPSA) is 68.3 Å². The second-order valence-corrected chi connectivity index (χ2v) is 9.13. The van der Waals surface area contributed by atoms with E-state index in [4.69, 9.17) is 9.72 Å². The highest BCUT2D eigenvalue weighted by Crippen LogP contribution is 2.37. The molecule has 0 fully saturated rings. The number of nitrogens with one attached hydrogen (secondary N) is 1. The van der Waals surface area contributed by atoms with E-state index < -0.39 is 5.97 Å². The first-order chi connectivity index (χ1) is 17.4. The number of halogens is 1. The first-order valence-electron chi connectivity index (χ1n) is 11.2. The van der Waals surface area contributed by atoms with Gasteiger partial charge < -0.3 is 10.1 Å². The van der Waals surface area contributed by atoms with Gasteiger partial charge in [0.05, 0.1) is 23.9 Å². The molecule has 5 rings (SSSR count). The fourth-order valence-corrected chi connectivity index (χ4v) is 5.03. The lowest BCUT2D eigenvalue weighted by atomic mass is 10.0. The Morgan fingerprint density at radius 2 is 1.72 bits per heavy atom. The summed E-state index contributed by atoms with van der Waals surface area (Å²) in [5, 5.41) is 5.70. The van der Waals surface area contributed by atoms with Crippen molar-refractivity contribution in [2.75, 3.05) is 12.4 Å². The number of thiophene rings is 1. The van der Waals surface area contributed by atoms with Gasteiger partial charge in [0.15, 0.2) is 0 Å². The van der Waals surface area contributed by atoms with Gasteiger partial charge in [0.1, 0.15) is 16.4 Å². The van der Waals surface area contributed by atoms with Gasteiger partial charge in [0.25, 0.3) is 5.91 Å². The summed E-state index contributed by atoms with van der Waals surface area (Å²) in [6.07, 6.45) is 0. The molecular formula is C29H21FN2O3S. The first-order valence-corrected chi connectivity index (χ1v) is 12.1. The second-order valence-electron chi connectivity index (χ2n) is 8.25. The van der Waals surface area contributed by atoms with Crippen molar-refractivity contribution in [2.24, 2.45) is 0 Å². The van der Waals surface area contributed by atoms with Gasteiger partial charge in [-0.1, -0.05) is 54.1 Å². The van der Waals surface area contributed by atoms with Crippen LogP contribution in [-0.2, 0) is 4.74 Å². The molecule has 0 atom stereocenters. The number of carbonyl (C=O) groups is 2. The Morgan fingerprint density at radius 1 is 0.944 bits per heavy atom. The SMILES string of the molecule is COC(=O)c1c(-c2ccc(F)cc2)csc1NC(=O)c1cc(-c2cccc(C)c2)nc2ccccc12. The van der Waals surface area contributed by atoms with Crippen LogP contribution in [0.2, 0.25) is 0 Å². The summed E-state index contributed by atoms with van der Waals surface area (Å²) in [5.74, 6) is -1.35. The number of hydrogen-bond donors (Lipinski definition) is 1. The zero-order chi connectivity index (χ0) is 25.2. The number of benzene rings is 3. The molecule has 0 bridgehead atoms. The third-order valence-electron chi connectivity index (χ3n) is 5.84. The third-order valence-corrected chi connectivity index (χ3v) is 6.73. The molecule has 1 N–H and O–H groups in total. The van der Waals surface area contributed by atoms with Gasteiger partial charge in [-0.25, -0.2) is 14.2 Å². The largest absolute Gasteiger partial charge is 0.465 e. The molecule has 0 aliphatic rings. The highest BCUT2D eigenvalue weighted by atomic mass is 32.1. The van der Waals surface area contributed by atoms with E-state index in [0.717, 1.165) is 11.1 Å². The molecule has 3 aromatic carbocycles. The third kappa shape index (κ3) is 4.48. The van der Waals surface area contributed by atoms with Gasteiger partial charge >= 0.3 is 5.97 Å². The number of carbonyl (C=O) groups excluding carboxylic acids is 2. The number of fused-ring (bicyclic) bond motifs is 1. The fraction of sp³-hybridized carbons (Fsp3) is 0.0690. The molecule has 0 radical (unpaired) electrons. The van der Waals surface area contributed by atoms with Gasteiger partial charge in [-0.3, -0.25) is 4.79 Å². The van der Waals surface area contributed by atoms with Crippen LogP contribution in [0, 0.1) is 12.7 Å². The van der Waals surface area contributed by atoms with Crippen molar-refractivity contribution in [2.45, 2.75) is 6.92 Å². The molecule has 1 amide bonds. The van der Waals surface area contributed by atoms with Crippen molar-refractivity contribution < 1.29 is 18.7 Å². The van der Waals surface area contributed by atoms with Crippen LogP contribution in [0.25, 0.3) is 33.3 Å². The van der Waals surface area contributed by atoms with Crippen LogP contribution >= 0.6 is 11.3 Å². The van der Waals surface area contributed by atoms with Crippen LogP contribution in [0.4, 0.5) is 9.39 Å². The number of rotatable bonds is 5. The Hall–Kier alpha value is -4.36. The minimum atomic E-state index is -0.592. The summed E-state index contributed by atoms with van der Waals surface area (Å²) < 4.78 is 18.4. The molecule has 0 saturated carbocycles. The van der Waals surface area contributed by atoms with E-state index in [1.54, 1.807) is 23.6 Å². The average molecular weight is 497 g/mol. The Bertz CT molecular complexity index is 1610. The zero-order valence-electron chi connectivity index (χ0n) is 19.5. The van der Waals surface area contributed by atoms with Crippen LogP contribution < -0.4 is 5.32 Å². The van der Waals surface area contributed by atoms with Crippen molar-refractivity contribution in [1.29, 1.82) is 0 Å². The van der Waals surface area contributed by atoms with Crippen molar-refractivity contribution in [3.05, 3.63) is 107 Å². The number of para-hydroxylation sites is 1. The molecule has 0 saturated heterocycles. The van der Waals surface area contributed by atoms with E-state index in [1.807, 2.05) is 55.5 Å². The lowest BCUT2D eigenvalue weighted by molar-refractivity contribution is 0.0603. The number of aromatic nitrogens is 1. The van der Waals surface area contributed by atoms with Gasteiger partial charge in [-0.2, -0.15) is 0 Å². The monoisotopic (exact) mass is 496 g/mol. The highest BCUT2D eigenvalue weighted by Gasteiger charge is 2.24. The summed E-state index contributed by atoms with van der Waals surface area (Å²) >= 11 is 1.21. The molecule has 0 spiro atoms. The quantitative estimate of drug-likeness (QED) is 0.263. The van der Waals surface area contributed by atoms with Gasteiger partial charge in [-0.15, -0.1) is 11.3 Å². The fourth-order valence-electron chi connectivity index (χ4n) is 4.08. The summed E-state index contributed by atoms with van der Waals surface area (Å²) in [4.78, 5) is 31.1. The first kappa shape index (κ1) is 23.4. The number of hydrogen-bond acceptors (Lipinski definition) is 5. The number of amides is 1. The Kier molecular flexibility index (Phi) is 6.31. The molecule has 7 heteroatoms. The highest BCUT2D eigenvalue weighted by molar-refractivity contribution is 7.15. The maximum absolute atomic E-state index is 13.6. The van der Waals surface area contributed by atoms with Crippen LogP contribution in [0.1, 0.15) is 26.3 Å². The van der Waals surface area contributed by atoms with Crippen LogP contribution in [0.3, 0.4) is 0 Å². The molecule has 5 aromatic rings. The molecule has 5 nitrogen and oxygen atoms in total. The summed E-state index contributed by atoms with van der Waals surface area (Å²) in [6.45, 7) is 2.00. The Morgan fingerprint density at radius 3 is 2.47 bits per heavy atom. The number of nitrogens with zero attached hydrogens (tertiary/aromatic N) is 1. The number of anilines is 1. The van der Waals surface area contributed by atoms with Gasteiger partial charge in [0.2, 0.25) is 0 Å². The smallest absolute Gasteiger partial charge is 0.341 e. The van der Waals surface area contributed by atoms with Crippen LogP contribution in [0.15, 0.2) is 84.2 Å². The van der Waals surface area contributed by atoms with Crippen LogP contribution in [0.5, 0.6) is 0 Å². The molecule has 178 valence electrons. The predicted octanol–water partition coefficient (Wildman–Crippen LogP) is 7.12.